The van der Waals surface area contributed by atoms with Gasteiger partial charge in [-0.2, -0.15) is 0 Å². The summed E-state index contributed by atoms with van der Waals surface area (Å²) in [6.45, 7) is 2.99. The van der Waals surface area contributed by atoms with Gasteiger partial charge in [-0.3, -0.25) is 14.5 Å². The number of rotatable bonds is 5. The molecule has 1 saturated heterocycles. The second-order valence-electron chi connectivity index (χ2n) is 5.13. The summed E-state index contributed by atoms with van der Waals surface area (Å²) >= 11 is 1.64. The largest absolute Gasteiger partial charge is 0.358 e. The topological polar surface area (TPSA) is 64.7 Å². The highest BCUT2D eigenvalue weighted by molar-refractivity contribution is 7.09. The summed E-state index contributed by atoms with van der Waals surface area (Å²) in [6, 6.07) is 3.73. The Morgan fingerprint density at radius 2 is 2.38 bits per heavy atom. The molecule has 0 aromatic carbocycles. The molecule has 1 fully saturated rings. The van der Waals surface area contributed by atoms with Crippen LogP contribution in [0, 0.1) is 0 Å². The zero-order valence-electron chi connectivity index (χ0n) is 12.5. The Morgan fingerprint density at radius 3 is 3.05 bits per heavy atom. The van der Waals surface area contributed by atoms with Crippen molar-refractivity contribution in [2.24, 2.45) is 0 Å². The van der Waals surface area contributed by atoms with Gasteiger partial charge in [0, 0.05) is 38.6 Å². The number of piperazine rings is 1. The molecule has 1 aromatic heterocycles. The molecular weight excluding hydrogens is 288 g/mol. The van der Waals surface area contributed by atoms with Crippen molar-refractivity contribution in [3.63, 3.8) is 0 Å². The minimum absolute atomic E-state index is 0.0409. The molecule has 0 radical (unpaired) electrons. The van der Waals surface area contributed by atoms with E-state index in [1.54, 1.807) is 30.3 Å². The van der Waals surface area contributed by atoms with Crippen molar-refractivity contribution in [1.29, 1.82) is 0 Å². The molecular formula is C14H22N4O2S. The van der Waals surface area contributed by atoms with Gasteiger partial charge in [0.2, 0.25) is 11.8 Å². The Kier molecular flexibility index (Phi) is 5.72. The van der Waals surface area contributed by atoms with Crippen LogP contribution in [0.4, 0.5) is 0 Å². The summed E-state index contributed by atoms with van der Waals surface area (Å²) in [5.41, 5.74) is 0. The Hall–Kier alpha value is -1.44. The predicted molar refractivity (Wildman–Crippen MR) is 83.1 cm³/mol. The molecule has 1 atom stereocenters. The average Bonchev–Trinajstić information content (AvgIpc) is 2.99. The van der Waals surface area contributed by atoms with E-state index < -0.39 is 0 Å². The maximum atomic E-state index is 12.3. The van der Waals surface area contributed by atoms with Gasteiger partial charge in [0.05, 0.1) is 13.1 Å². The Labute approximate surface area is 129 Å². The summed E-state index contributed by atoms with van der Waals surface area (Å²) in [7, 11) is 3.43. The van der Waals surface area contributed by atoms with E-state index in [-0.39, 0.29) is 24.4 Å². The third kappa shape index (κ3) is 4.26. The average molecular weight is 310 g/mol. The van der Waals surface area contributed by atoms with Gasteiger partial charge >= 0.3 is 0 Å². The van der Waals surface area contributed by atoms with Crippen LogP contribution < -0.4 is 10.6 Å². The van der Waals surface area contributed by atoms with Crippen LogP contribution in [0.1, 0.15) is 4.88 Å². The van der Waals surface area contributed by atoms with Crippen LogP contribution in [0.3, 0.4) is 0 Å². The maximum absolute atomic E-state index is 12.3. The minimum Gasteiger partial charge on any atom is -0.358 e. The molecule has 0 aliphatic carbocycles. The molecule has 1 unspecified atom stereocenters. The number of nitrogens with one attached hydrogen (secondary N) is 2. The quantitative estimate of drug-likeness (QED) is 0.786. The van der Waals surface area contributed by atoms with Crippen LogP contribution in [0.2, 0.25) is 0 Å². The first kappa shape index (κ1) is 15.9. The predicted octanol–water partition coefficient (Wildman–Crippen LogP) is -0.274. The first-order valence-electron chi connectivity index (χ1n) is 7.04. The summed E-state index contributed by atoms with van der Waals surface area (Å²) in [5, 5.41) is 7.86. The number of carbonyl (C=O) groups excluding carboxylic acids is 2. The molecule has 7 heteroatoms. The third-order valence-corrected chi connectivity index (χ3v) is 4.50. The first-order chi connectivity index (χ1) is 10.1. The molecule has 0 saturated carbocycles. The third-order valence-electron chi connectivity index (χ3n) is 3.64. The molecule has 1 aliphatic heterocycles. The van der Waals surface area contributed by atoms with Gasteiger partial charge in [0.15, 0.2) is 0 Å². The zero-order valence-corrected chi connectivity index (χ0v) is 13.3. The van der Waals surface area contributed by atoms with Crippen LogP contribution >= 0.6 is 11.3 Å². The minimum atomic E-state index is -0.275. The standard InChI is InChI=1S/C14H22N4O2S/c1-15-14(20)12-8-16-5-6-18(12)10-13(19)17(2)9-11-4-3-7-21-11/h3-4,7,12,16H,5-6,8-10H2,1-2H3,(H,15,20). The molecule has 1 aromatic rings. The molecule has 116 valence electrons. The lowest BCUT2D eigenvalue weighted by atomic mass is 10.1. The number of likely N-dealkylation sites (N-methyl/N-ethyl adjacent to an activating group) is 2. The first-order valence-corrected chi connectivity index (χ1v) is 7.92. The van der Waals surface area contributed by atoms with E-state index in [0.29, 0.717) is 19.6 Å². The van der Waals surface area contributed by atoms with E-state index in [4.69, 9.17) is 0 Å². The van der Waals surface area contributed by atoms with E-state index in [0.717, 1.165) is 11.4 Å². The number of hydrogen-bond donors (Lipinski definition) is 2. The highest BCUT2D eigenvalue weighted by atomic mass is 32.1. The highest BCUT2D eigenvalue weighted by Gasteiger charge is 2.29. The number of thiophene rings is 1. The van der Waals surface area contributed by atoms with E-state index in [2.05, 4.69) is 10.6 Å². The molecule has 2 rings (SSSR count). The maximum Gasteiger partial charge on any atom is 0.238 e. The summed E-state index contributed by atoms with van der Waals surface area (Å²) in [6.07, 6.45) is 0. The smallest absolute Gasteiger partial charge is 0.238 e. The fourth-order valence-electron chi connectivity index (χ4n) is 2.38. The molecule has 0 spiro atoms. The normalized spacial score (nSPS) is 19.2. The second-order valence-corrected chi connectivity index (χ2v) is 6.17. The van der Waals surface area contributed by atoms with Gasteiger partial charge in [-0.05, 0) is 11.4 Å². The lowest BCUT2D eigenvalue weighted by Crippen LogP contribution is -2.59. The van der Waals surface area contributed by atoms with E-state index in [1.165, 1.54) is 0 Å². The summed E-state index contributed by atoms with van der Waals surface area (Å²) in [4.78, 5) is 29.0. The zero-order chi connectivity index (χ0) is 15.2. The van der Waals surface area contributed by atoms with Crippen molar-refractivity contribution in [3.8, 4) is 0 Å². The highest BCUT2D eigenvalue weighted by Crippen LogP contribution is 2.11. The van der Waals surface area contributed by atoms with Crippen LogP contribution in [0.5, 0.6) is 0 Å². The summed E-state index contributed by atoms with van der Waals surface area (Å²) < 4.78 is 0. The van der Waals surface area contributed by atoms with Crippen molar-refractivity contribution < 1.29 is 9.59 Å². The van der Waals surface area contributed by atoms with Crippen molar-refractivity contribution >= 4 is 23.2 Å². The molecule has 6 nitrogen and oxygen atoms in total. The molecule has 2 heterocycles. The Bertz CT molecular complexity index is 477. The molecule has 21 heavy (non-hydrogen) atoms. The van der Waals surface area contributed by atoms with Crippen LogP contribution in [-0.2, 0) is 16.1 Å². The molecule has 2 N–H and O–H groups in total. The van der Waals surface area contributed by atoms with Gasteiger partial charge in [-0.25, -0.2) is 0 Å². The van der Waals surface area contributed by atoms with Gasteiger partial charge in [-0.1, -0.05) is 6.07 Å². The van der Waals surface area contributed by atoms with Crippen molar-refractivity contribution in [2.75, 3.05) is 40.3 Å². The number of nitrogens with zero attached hydrogens (tertiary/aromatic N) is 2. The van der Waals surface area contributed by atoms with Crippen LogP contribution in [0.25, 0.3) is 0 Å². The lowest BCUT2D eigenvalue weighted by molar-refractivity contribution is -0.134. The second kappa shape index (κ2) is 7.53. The fourth-order valence-corrected chi connectivity index (χ4v) is 3.14. The number of hydrogen-bond acceptors (Lipinski definition) is 5. The van der Waals surface area contributed by atoms with Gasteiger partial charge in [0.25, 0.3) is 0 Å². The number of amides is 2. The van der Waals surface area contributed by atoms with Crippen molar-refractivity contribution in [1.82, 2.24) is 20.4 Å². The Morgan fingerprint density at radius 1 is 1.57 bits per heavy atom. The van der Waals surface area contributed by atoms with Gasteiger partial charge < -0.3 is 15.5 Å². The van der Waals surface area contributed by atoms with E-state index in [1.807, 2.05) is 22.4 Å². The molecule has 1 aliphatic rings. The van der Waals surface area contributed by atoms with Crippen molar-refractivity contribution in [3.05, 3.63) is 22.4 Å². The van der Waals surface area contributed by atoms with E-state index >= 15 is 0 Å². The van der Waals surface area contributed by atoms with E-state index in [9.17, 15) is 9.59 Å². The van der Waals surface area contributed by atoms with Crippen LogP contribution in [0.15, 0.2) is 17.5 Å². The monoisotopic (exact) mass is 310 g/mol. The Balaban J connectivity index is 1.91. The van der Waals surface area contributed by atoms with Crippen molar-refractivity contribution in [2.45, 2.75) is 12.6 Å². The SMILES string of the molecule is CNC(=O)C1CNCCN1CC(=O)N(C)Cc1cccs1. The molecule has 2 amide bonds. The lowest BCUT2D eigenvalue weighted by Gasteiger charge is -2.35. The summed E-state index contributed by atoms with van der Waals surface area (Å²) in [5.74, 6) is -0.00453. The molecule has 0 bridgehead atoms. The van der Waals surface area contributed by atoms with Gasteiger partial charge in [-0.15, -0.1) is 11.3 Å². The van der Waals surface area contributed by atoms with Gasteiger partial charge in [0.1, 0.15) is 6.04 Å². The number of carbonyl (C=O) groups is 2. The fraction of sp³-hybridized carbons (Fsp3) is 0.571. The van der Waals surface area contributed by atoms with Crippen LogP contribution in [-0.4, -0.2) is 67.9 Å².